The minimum absolute atomic E-state index is 0.166. The van der Waals surface area contributed by atoms with Crippen LogP contribution in [0.2, 0.25) is 0 Å². The third-order valence-corrected chi connectivity index (χ3v) is 1.99. The molecule has 0 bridgehead atoms. The Balaban J connectivity index is 2.98. The van der Waals surface area contributed by atoms with E-state index in [0.29, 0.717) is 11.1 Å². The average molecular weight is 220 g/mol. The molecular formula is C11H12N2O3. The van der Waals surface area contributed by atoms with Crippen molar-refractivity contribution in [1.82, 2.24) is 0 Å². The van der Waals surface area contributed by atoms with Crippen molar-refractivity contribution in [3.63, 3.8) is 0 Å². The molecular weight excluding hydrogens is 208 g/mol. The van der Waals surface area contributed by atoms with Gasteiger partial charge < -0.3 is 9.57 Å². The summed E-state index contributed by atoms with van der Waals surface area (Å²) in [5.74, 6) is -0.681. The molecule has 0 aliphatic heterocycles. The van der Waals surface area contributed by atoms with Crippen molar-refractivity contribution in [2.24, 2.45) is 5.16 Å². The van der Waals surface area contributed by atoms with Crippen LogP contribution in [-0.2, 0) is 21.0 Å². The minimum atomic E-state index is -0.681. The van der Waals surface area contributed by atoms with Gasteiger partial charge in [0.1, 0.15) is 12.3 Å². The van der Waals surface area contributed by atoms with Gasteiger partial charge in [-0.2, -0.15) is 0 Å². The summed E-state index contributed by atoms with van der Waals surface area (Å²) in [7, 11) is 1.24. The molecule has 0 aliphatic carbocycles. The molecule has 0 radical (unpaired) electrons. The third-order valence-electron chi connectivity index (χ3n) is 1.99. The van der Waals surface area contributed by atoms with Gasteiger partial charge in [0, 0.05) is 17.8 Å². The van der Waals surface area contributed by atoms with Crippen LogP contribution in [0.15, 0.2) is 29.4 Å². The Labute approximate surface area is 93.2 Å². The smallest absolute Gasteiger partial charge is 0.356 e. The molecule has 0 unspecified atom stereocenters. The minimum Gasteiger partial charge on any atom is -0.464 e. The van der Waals surface area contributed by atoms with Crippen molar-refractivity contribution in [3.05, 3.63) is 35.4 Å². The van der Waals surface area contributed by atoms with Gasteiger partial charge in [0.15, 0.2) is 0 Å². The molecule has 0 aromatic heterocycles. The van der Waals surface area contributed by atoms with E-state index in [2.05, 4.69) is 16.6 Å². The number of rotatable bonds is 5. The molecule has 0 amide bonds. The van der Waals surface area contributed by atoms with Crippen LogP contribution in [-0.4, -0.2) is 25.5 Å². The lowest BCUT2D eigenvalue weighted by atomic mass is 10.0. The molecule has 5 nitrogen and oxygen atoms in total. The second kappa shape index (κ2) is 5.65. The number of nitrogens with one attached hydrogen (secondary N) is 1. The Kier molecular flexibility index (Phi) is 4.20. The predicted octanol–water partition coefficient (Wildman–Crippen LogP) is 1.36. The molecule has 1 N–H and O–H groups in total. The molecule has 5 heteroatoms. The van der Waals surface area contributed by atoms with Crippen LogP contribution >= 0.6 is 0 Å². The molecule has 1 aromatic rings. The summed E-state index contributed by atoms with van der Waals surface area (Å²) in [6.07, 6.45) is 0. The second-order valence-corrected chi connectivity index (χ2v) is 2.93. The van der Waals surface area contributed by atoms with Gasteiger partial charge in [-0.25, -0.2) is 4.79 Å². The first kappa shape index (κ1) is 11.9. The van der Waals surface area contributed by atoms with E-state index in [1.807, 2.05) is 0 Å². The molecule has 0 saturated carbocycles. The molecule has 0 fully saturated rings. The molecule has 0 saturated heterocycles. The summed E-state index contributed by atoms with van der Waals surface area (Å²) >= 11 is 0. The quantitative estimate of drug-likeness (QED) is 0.462. The SMILES string of the molecule is C=NOCc1ccccc1C(=N)C(=O)OC. The van der Waals surface area contributed by atoms with E-state index in [1.54, 1.807) is 24.3 Å². The molecule has 0 atom stereocenters. The average Bonchev–Trinajstić information content (AvgIpc) is 2.34. The standard InChI is InChI=1S/C11H12N2O3/c1-13-16-7-8-5-3-4-6-9(8)10(12)11(14)15-2/h3-6,12H,1,7H2,2H3. The van der Waals surface area contributed by atoms with Gasteiger partial charge in [0.05, 0.1) is 7.11 Å². The van der Waals surface area contributed by atoms with Gasteiger partial charge in [-0.3, -0.25) is 5.41 Å². The van der Waals surface area contributed by atoms with Crippen molar-refractivity contribution in [1.29, 1.82) is 5.41 Å². The Morgan fingerprint density at radius 2 is 2.19 bits per heavy atom. The van der Waals surface area contributed by atoms with E-state index in [9.17, 15) is 4.79 Å². The third kappa shape index (κ3) is 2.66. The van der Waals surface area contributed by atoms with Gasteiger partial charge in [0.25, 0.3) is 0 Å². The van der Waals surface area contributed by atoms with Gasteiger partial charge in [-0.05, 0) is 0 Å². The second-order valence-electron chi connectivity index (χ2n) is 2.93. The monoisotopic (exact) mass is 220 g/mol. The van der Waals surface area contributed by atoms with Crippen LogP contribution in [0, 0.1) is 5.41 Å². The van der Waals surface area contributed by atoms with Gasteiger partial charge in [-0.1, -0.05) is 24.3 Å². The number of esters is 1. The molecule has 0 spiro atoms. The summed E-state index contributed by atoms with van der Waals surface area (Å²) in [6, 6.07) is 6.92. The van der Waals surface area contributed by atoms with Crippen LogP contribution in [0.3, 0.4) is 0 Å². The van der Waals surface area contributed by atoms with E-state index in [-0.39, 0.29) is 12.3 Å². The van der Waals surface area contributed by atoms with Gasteiger partial charge >= 0.3 is 5.97 Å². The number of ether oxygens (including phenoxy) is 1. The normalized spacial score (nSPS) is 9.31. The van der Waals surface area contributed by atoms with Crippen molar-refractivity contribution in [3.8, 4) is 0 Å². The van der Waals surface area contributed by atoms with E-state index in [4.69, 9.17) is 10.2 Å². The highest BCUT2D eigenvalue weighted by atomic mass is 16.6. The summed E-state index contributed by atoms with van der Waals surface area (Å²) in [4.78, 5) is 16.0. The fourth-order valence-electron chi connectivity index (χ4n) is 1.22. The number of carbonyl (C=O) groups excluding carboxylic acids is 1. The van der Waals surface area contributed by atoms with Crippen LogP contribution in [0.25, 0.3) is 0 Å². The Morgan fingerprint density at radius 3 is 2.81 bits per heavy atom. The molecule has 0 heterocycles. The number of methoxy groups -OCH3 is 1. The fourth-order valence-corrected chi connectivity index (χ4v) is 1.22. The van der Waals surface area contributed by atoms with E-state index in [0.717, 1.165) is 0 Å². The van der Waals surface area contributed by atoms with Crippen LogP contribution in [0.5, 0.6) is 0 Å². The molecule has 1 rings (SSSR count). The predicted molar refractivity (Wildman–Crippen MR) is 59.6 cm³/mol. The van der Waals surface area contributed by atoms with Crippen molar-refractivity contribution < 1.29 is 14.4 Å². The Bertz CT molecular complexity index is 415. The van der Waals surface area contributed by atoms with Crippen LogP contribution < -0.4 is 0 Å². The number of hydrogen-bond donors (Lipinski definition) is 1. The fraction of sp³-hybridized carbons (Fsp3) is 0.182. The number of oxime groups is 1. The topological polar surface area (TPSA) is 71.7 Å². The first-order chi connectivity index (χ1) is 7.70. The van der Waals surface area contributed by atoms with Crippen LogP contribution in [0.4, 0.5) is 0 Å². The van der Waals surface area contributed by atoms with E-state index >= 15 is 0 Å². The maximum Gasteiger partial charge on any atom is 0.356 e. The summed E-state index contributed by atoms with van der Waals surface area (Å²) in [5.41, 5.74) is 0.953. The zero-order valence-corrected chi connectivity index (χ0v) is 8.90. The summed E-state index contributed by atoms with van der Waals surface area (Å²) in [6.45, 7) is 3.35. The highest BCUT2D eigenvalue weighted by molar-refractivity contribution is 6.42. The molecule has 0 aliphatic rings. The molecule has 1 aromatic carbocycles. The lowest BCUT2D eigenvalue weighted by Crippen LogP contribution is -2.17. The number of benzene rings is 1. The Hall–Kier alpha value is -2.17. The number of carbonyl (C=O) groups is 1. The van der Waals surface area contributed by atoms with Gasteiger partial charge in [0.2, 0.25) is 0 Å². The largest absolute Gasteiger partial charge is 0.464 e. The number of nitrogens with zero attached hydrogens (tertiary/aromatic N) is 1. The highest BCUT2D eigenvalue weighted by Gasteiger charge is 2.15. The Morgan fingerprint density at radius 1 is 1.50 bits per heavy atom. The van der Waals surface area contributed by atoms with Crippen molar-refractivity contribution in [2.75, 3.05) is 7.11 Å². The van der Waals surface area contributed by atoms with Crippen molar-refractivity contribution in [2.45, 2.75) is 6.61 Å². The maximum absolute atomic E-state index is 11.2. The van der Waals surface area contributed by atoms with Crippen molar-refractivity contribution >= 4 is 18.4 Å². The van der Waals surface area contributed by atoms with E-state index < -0.39 is 5.97 Å². The summed E-state index contributed by atoms with van der Waals surface area (Å²) < 4.78 is 4.49. The zero-order chi connectivity index (χ0) is 12.0. The first-order valence-electron chi connectivity index (χ1n) is 4.53. The lowest BCUT2D eigenvalue weighted by Gasteiger charge is -2.07. The van der Waals surface area contributed by atoms with Crippen LogP contribution in [0.1, 0.15) is 11.1 Å². The maximum atomic E-state index is 11.2. The number of hydrogen-bond acceptors (Lipinski definition) is 5. The van der Waals surface area contributed by atoms with E-state index in [1.165, 1.54) is 7.11 Å². The zero-order valence-electron chi connectivity index (χ0n) is 8.90. The molecule has 16 heavy (non-hydrogen) atoms. The van der Waals surface area contributed by atoms with Gasteiger partial charge in [-0.15, -0.1) is 5.16 Å². The summed E-state index contributed by atoms with van der Waals surface area (Å²) in [5, 5.41) is 10.9. The first-order valence-corrected chi connectivity index (χ1v) is 4.53. The lowest BCUT2D eigenvalue weighted by molar-refractivity contribution is -0.132. The molecule has 84 valence electrons. The highest BCUT2D eigenvalue weighted by Crippen LogP contribution is 2.11.